The van der Waals surface area contributed by atoms with Crippen LogP contribution in [-0.2, 0) is 0 Å². The molecule has 0 aliphatic heterocycles. The Morgan fingerprint density at radius 1 is 1.50 bits per heavy atom. The van der Waals surface area contributed by atoms with Gasteiger partial charge >= 0.3 is 5.76 Å². The zero-order valence-electron chi connectivity index (χ0n) is 6.75. The minimum atomic E-state index is -0.670. The van der Waals surface area contributed by atoms with Crippen molar-refractivity contribution in [2.75, 3.05) is 0 Å². The smallest absolute Gasteiger partial charge is 0.388 e. The maximum absolute atomic E-state index is 13.1. The molecule has 0 saturated carbocycles. The third-order valence-electron chi connectivity index (χ3n) is 1.62. The van der Waals surface area contributed by atoms with Crippen molar-refractivity contribution < 1.29 is 8.81 Å². The first-order valence-corrected chi connectivity index (χ1v) is 4.47. The molecule has 2 rings (SSSR count). The number of H-pyrrole nitrogens is 1. The van der Waals surface area contributed by atoms with Crippen molar-refractivity contribution in [1.82, 2.24) is 10.2 Å². The molecule has 0 amide bonds. The number of aromatic amines is 1. The Morgan fingerprint density at radius 2 is 2.29 bits per heavy atom. The van der Waals surface area contributed by atoms with E-state index in [1.807, 2.05) is 0 Å². The summed E-state index contributed by atoms with van der Waals surface area (Å²) in [5.74, 6) is -1.05. The van der Waals surface area contributed by atoms with Crippen LogP contribution in [0.4, 0.5) is 4.39 Å². The number of nitrogens with one attached hydrogen (secondary N) is 1. The van der Waals surface area contributed by atoms with Gasteiger partial charge in [-0.05, 0) is 28.1 Å². The van der Waals surface area contributed by atoms with E-state index in [0.717, 1.165) is 0 Å². The lowest BCUT2D eigenvalue weighted by atomic mass is 10.2. The molecule has 2 aromatic rings. The summed E-state index contributed by atoms with van der Waals surface area (Å²) in [6.45, 7) is 0. The summed E-state index contributed by atoms with van der Waals surface area (Å²) in [5, 5.41) is 5.69. The number of aromatic nitrogens is 2. The molecule has 0 atom stereocenters. The highest BCUT2D eigenvalue weighted by Gasteiger charge is 2.11. The number of benzene rings is 1. The Morgan fingerprint density at radius 3 is 2.93 bits per heavy atom. The zero-order chi connectivity index (χ0) is 10.1. The number of hydrogen-bond acceptors (Lipinski definition) is 3. The van der Waals surface area contributed by atoms with Gasteiger partial charge in [-0.25, -0.2) is 14.3 Å². The molecular formula is C8H4BrFN2O2. The largest absolute Gasteiger partial charge is 0.434 e. The van der Waals surface area contributed by atoms with Crippen molar-refractivity contribution in [3.63, 3.8) is 0 Å². The van der Waals surface area contributed by atoms with Crippen LogP contribution in [0.25, 0.3) is 11.5 Å². The van der Waals surface area contributed by atoms with Crippen molar-refractivity contribution in [1.29, 1.82) is 0 Å². The molecule has 0 aliphatic carbocycles. The Kier molecular flexibility index (Phi) is 2.20. The van der Waals surface area contributed by atoms with Crippen molar-refractivity contribution in [2.24, 2.45) is 0 Å². The van der Waals surface area contributed by atoms with E-state index >= 15 is 0 Å². The summed E-state index contributed by atoms with van der Waals surface area (Å²) in [4.78, 5) is 10.7. The molecule has 0 radical (unpaired) electrons. The molecule has 0 saturated heterocycles. The lowest BCUT2D eigenvalue weighted by Crippen LogP contribution is -1.93. The van der Waals surface area contributed by atoms with Gasteiger partial charge in [0.25, 0.3) is 0 Å². The predicted octanol–water partition coefficient (Wildman–Crippen LogP) is 1.93. The van der Waals surface area contributed by atoms with Gasteiger partial charge in [0.1, 0.15) is 5.82 Å². The van der Waals surface area contributed by atoms with Crippen LogP contribution in [0.2, 0.25) is 0 Å². The van der Waals surface area contributed by atoms with Crippen molar-refractivity contribution in [2.45, 2.75) is 0 Å². The fourth-order valence-corrected chi connectivity index (χ4v) is 1.45. The Balaban J connectivity index is 2.62. The third-order valence-corrected chi connectivity index (χ3v) is 2.43. The fourth-order valence-electron chi connectivity index (χ4n) is 1.01. The van der Waals surface area contributed by atoms with E-state index < -0.39 is 11.6 Å². The Bertz CT molecular complexity index is 520. The van der Waals surface area contributed by atoms with Gasteiger partial charge in [-0.3, -0.25) is 0 Å². The molecule has 1 aromatic carbocycles. The average molecular weight is 259 g/mol. The summed E-state index contributed by atoms with van der Waals surface area (Å²) >= 11 is 3.04. The summed E-state index contributed by atoms with van der Waals surface area (Å²) < 4.78 is 18.0. The Hall–Kier alpha value is -1.43. The highest BCUT2D eigenvalue weighted by Crippen LogP contribution is 2.27. The highest BCUT2D eigenvalue weighted by molar-refractivity contribution is 9.10. The zero-order valence-corrected chi connectivity index (χ0v) is 8.34. The topological polar surface area (TPSA) is 58.9 Å². The van der Waals surface area contributed by atoms with Crippen LogP contribution < -0.4 is 5.76 Å². The molecule has 4 nitrogen and oxygen atoms in total. The molecule has 0 aliphatic rings. The van der Waals surface area contributed by atoms with Crippen LogP contribution in [0.5, 0.6) is 0 Å². The molecule has 0 spiro atoms. The third kappa shape index (κ3) is 1.48. The van der Waals surface area contributed by atoms with Crippen molar-refractivity contribution >= 4 is 15.9 Å². The minimum Gasteiger partial charge on any atom is -0.388 e. The molecule has 1 N–H and O–H groups in total. The van der Waals surface area contributed by atoms with E-state index in [-0.39, 0.29) is 10.4 Å². The monoisotopic (exact) mass is 258 g/mol. The second kappa shape index (κ2) is 3.38. The lowest BCUT2D eigenvalue weighted by molar-refractivity contribution is 0.525. The van der Waals surface area contributed by atoms with E-state index in [1.54, 1.807) is 6.07 Å². The van der Waals surface area contributed by atoms with E-state index in [0.29, 0.717) is 5.56 Å². The molecule has 6 heteroatoms. The lowest BCUT2D eigenvalue weighted by Gasteiger charge is -1.98. The molecule has 1 heterocycles. The average Bonchev–Trinajstić information content (AvgIpc) is 2.57. The highest BCUT2D eigenvalue weighted by atomic mass is 79.9. The van der Waals surface area contributed by atoms with Crippen LogP contribution in [-0.4, -0.2) is 10.2 Å². The SMILES string of the molecule is O=c1[nH]nc(-c2cccc(F)c2Br)o1. The van der Waals surface area contributed by atoms with Crippen LogP contribution in [0.15, 0.2) is 31.9 Å². The first-order chi connectivity index (χ1) is 6.68. The van der Waals surface area contributed by atoms with E-state index in [1.165, 1.54) is 12.1 Å². The number of hydrogen-bond donors (Lipinski definition) is 1. The van der Waals surface area contributed by atoms with Crippen molar-refractivity contribution in [3.05, 3.63) is 39.0 Å². The van der Waals surface area contributed by atoms with Gasteiger partial charge in [0.2, 0.25) is 5.89 Å². The second-order valence-corrected chi connectivity index (χ2v) is 3.31. The summed E-state index contributed by atoms with van der Waals surface area (Å²) in [7, 11) is 0. The van der Waals surface area contributed by atoms with Crippen molar-refractivity contribution in [3.8, 4) is 11.5 Å². The first-order valence-electron chi connectivity index (χ1n) is 3.68. The molecule has 72 valence electrons. The summed E-state index contributed by atoms with van der Waals surface area (Å²) in [5.41, 5.74) is 0.392. The molecular weight excluding hydrogens is 255 g/mol. The number of halogens is 2. The van der Waals surface area contributed by atoms with Gasteiger partial charge in [-0.1, -0.05) is 6.07 Å². The van der Waals surface area contributed by atoms with E-state index in [4.69, 9.17) is 0 Å². The first kappa shape index (κ1) is 9.14. The molecule has 14 heavy (non-hydrogen) atoms. The summed E-state index contributed by atoms with van der Waals surface area (Å²) in [6.07, 6.45) is 0. The Labute approximate surface area is 85.9 Å². The van der Waals surface area contributed by atoms with E-state index in [2.05, 4.69) is 30.5 Å². The van der Waals surface area contributed by atoms with Gasteiger partial charge in [0, 0.05) is 0 Å². The minimum absolute atomic E-state index is 0.0568. The van der Waals surface area contributed by atoms with Gasteiger partial charge in [0.05, 0.1) is 10.0 Å². The standard InChI is InChI=1S/C8H4BrFN2O2/c9-6-4(2-1-3-5(6)10)7-11-12-8(13)14-7/h1-3H,(H,12,13). The molecule has 1 aromatic heterocycles. The van der Waals surface area contributed by atoms with Gasteiger partial charge < -0.3 is 4.42 Å². The van der Waals surface area contributed by atoms with E-state index in [9.17, 15) is 9.18 Å². The van der Waals surface area contributed by atoms with Gasteiger partial charge in [-0.15, -0.1) is 5.10 Å². The molecule has 0 bridgehead atoms. The fraction of sp³-hybridized carbons (Fsp3) is 0. The number of rotatable bonds is 1. The van der Waals surface area contributed by atoms with Gasteiger partial charge in [-0.2, -0.15) is 0 Å². The summed E-state index contributed by atoms with van der Waals surface area (Å²) in [6, 6.07) is 4.38. The molecule has 0 fully saturated rings. The predicted molar refractivity (Wildman–Crippen MR) is 50.2 cm³/mol. The van der Waals surface area contributed by atoms with Crippen LogP contribution in [0.1, 0.15) is 0 Å². The number of nitrogens with zero attached hydrogens (tertiary/aromatic N) is 1. The second-order valence-electron chi connectivity index (χ2n) is 2.52. The molecule has 0 unspecified atom stereocenters. The maximum atomic E-state index is 13.1. The normalized spacial score (nSPS) is 10.4. The van der Waals surface area contributed by atoms with Crippen LogP contribution in [0.3, 0.4) is 0 Å². The quantitative estimate of drug-likeness (QED) is 0.851. The van der Waals surface area contributed by atoms with Crippen LogP contribution >= 0.6 is 15.9 Å². The van der Waals surface area contributed by atoms with Gasteiger partial charge in [0.15, 0.2) is 0 Å². The maximum Gasteiger partial charge on any atom is 0.434 e. The van der Waals surface area contributed by atoms with Crippen LogP contribution in [0, 0.1) is 5.82 Å².